The van der Waals surface area contributed by atoms with Crippen molar-refractivity contribution < 1.29 is 38.6 Å². The number of rotatable bonds is 21. The number of carbonyl (C=O) groups excluding carboxylic acids is 4. The zero-order valence-electron chi connectivity index (χ0n) is 34.4. The van der Waals surface area contributed by atoms with Gasteiger partial charge in [0.25, 0.3) is 0 Å². The maximum atomic E-state index is 14.4. The smallest absolute Gasteiger partial charge is 0.326 e. The van der Waals surface area contributed by atoms with Crippen molar-refractivity contribution in [2.45, 2.75) is 129 Å². The van der Waals surface area contributed by atoms with Crippen molar-refractivity contribution >= 4 is 29.6 Å². The third-order valence-electron chi connectivity index (χ3n) is 11.9. The number of nitrogens with one attached hydrogen (secondary N) is 3. The molecule has 13 nitrogen and oxygen atoms in total. The molecule has 1 spiro atoms. The molecule has 54 heavy (non-hydrogen) atoms. The molecular formula is C41H67N5O8. The molecule has 1 aliphatic carbocycles. The molecule has 304 valence electrons. The number of likely N-dealkylation sites (tertiary alicyclic amines) is 1. The van der Waals surface area contributed by atoms with Crippen molar-refractivity contribution in [3.63, 3.8) is 0 Å². The predicted molar refractivity (Wildman–Crippen MR) is 207 cm³/mol. The molecule has 1 aromatic rings. The van der Waals surface area contributed by atoms with E-state index in [0.717, 1.165) is 24.8 Å². The molecule has 4 unspecified atom stereocenters. The van der Waals surface area contributed by atoms with E-state index in [1.54, 1.807) is 33.0 Å². The molecule has 1 saturated heterocycles. The fraction of sp³-hybridized carbons (Fsp3) is 0.732. The molecule has 0 bridgehead atoms. The second-order valence-corrected chi connectivity index (χ2v) is 16.4. The Hall–Kier alpha value is -3.55. The fourth-order valence-electron chi connectivity index (χ4n) is 8.16. The second kappa shape index (κ2) is 19.9. The maximum absolute atomic E-state index is 14.4. The van der Waals surface area contributed by atoms with Crippen LogP contribution in [0.4, 0.5) is 0 Å². The molecule has 1 saturated carbocycles. The molecule has 2 fully saturated rings. The van der Waals surface area contributed by atoms with E-state index in [4.69, 9.17) is 9.47 Å². The molecule has 9 atom stereocenters. The van der Waals surface area contributed by atoms with Crippen LogP contribution in [0.2, 0.25) is 0 Å². The summed E-state index contributed by atoms with van der Waals surface area (Å²) in [5.41, 5.74) is 0.748. The number of hydrogen-bond donors (Lipinski definition) is 4. The normalized spacial score (nSPS) is 20.8. The molecule has 0 aromatic heterocycles. The van der Waals surface area contributed by atoms with E-state index < -0.39 is 60.2 Å². The average Bonchev–Trinajstić information content (AvgIpc) is 3.79. The van der Waals surface area contributed by atoms with Crippen LogP contribution in [0.25, 0.3) is 0 Å². The van der Waals surface area contributed by atoms with Gasteiger partial charge in [0.05, 0.1) is 42.7 Å². The summed E-state index contributed by atoms with van der Waals surface area (Å²) in [6.45, 7) is 14.0. The van der Waals surface area contributed by atoms with Crippen LogP contribution in [-0.4, -0.2) is 122 Å². The maximum Gasteiger partial charge on any atom is 0.326 e. The van der Waals surface area contributed by atoms with Crippen LogP contribution in [0.1, 0.15) is 86.1 Å². The topological polar surface area (TPSA) is 167 Å². The first kappa shape index (κ1) is 44.8. The highest BCUT2D eigenvalue weighted by atomic mass is 16.5. The molecule has 1 heterocycles. The van der Waals surface area contributed by atoms with E-state index in [1.807, 2.05) is 76.8 Å². The number of amides is 4. The average molecular weight is 758 g/mol. The van der Waals surface area contributed by atoms with Gasteiger partial charge in [0, 0.05) is 34.2 Å². The number of benzene rings is 1. The minimum Gasteiger partial charge on any atom is -0.480 e. The zero-order valence-corrected chi connectivity index (χ0v) is 34.4. The molecule has 2 aliphatic rings. The number of aliphatic carboxylic acids is 1. The third kappa shape index (κ3) is 11.0. The van der Waals surface area contributed by atoms with Gasteiger partial charge in [-0.05, 0) is 55.0 Å². The number of carboxylic acids is 1. The quantitative estimate of drug-likeness (QED) is 0.147. The fourth-order valence-corrected chi connectivity index (χ4v) is 8.16. The highest BCUT2D eigenvalue weighted by molar-refractivity contribution is 5.90. The number of ether oxygens (including phenoxy) is 2. The summed E-state index contributed by atoms with van der Waals surface area (Å²) in [6, 6.07) is 5.88. The van der Waals surface area contributed by atoms with Crippen LogP contribution in [0.3, 0.4) is 0 Å². The summed E-state index contributed by atoms with van der Waals surface area (Å²) in [6.07, 6.45) is 2.13. The van der Waals surface area contributed by atoms with Crippen molar-refractivity contribution in [3.8, 4) is 0 Å². The summed E-state index contributed by atoms with van der Waals surface area (Å²) < 4.78 is 12.0. The predicted octanol–water partition coefficient (Wildman–Crippen LogP) is 3.49. The number of nitrogens with zero attached hydrogens (tertiary/aromatic N) is 2. The number of carboxylic acid groups (broad SMARTS) is 1. The lowest BCUT2D eigenvalue weighted by Gasteiger charge is -2.41. The Kier molecular flexibility index (Phi) is 16.5. The Labute approximate surface area is 322 Å². The van der Waals surface area contributed by atoms with E-state index in [0.29, 0.717) is 13.0 Å². The van der Waals surface area contributed by atoms with Crippen molar-refractivity contribution in [2.24, 2.45) is 29.1 Å². The molecule has 4 amide bonds. The van der Waals surface area contributed by atoms with Gasteiger partial charge in [-0.25, -0.2) is 4.79 Å². The SMILES string of the molecule is CC[C@H](C)[C@@H]([C@@H](CC(=O)N1CC2(CC2)CC1[C@H](OC)[C@@H](C)C(=O)NC(Cc1ccccc1)C(=O)O)OC)N(C)C(=O)C(NC(=O)C(NC)C(C)C)C(C)C. The number of carbonyl (C=O) groups is 5. The van der Waals surface area contributed by atoms with Crippen LogP contribution < -0.4 is 16.0 Å². The Bertz CT molecular complexity index is 1420. The summed E-state index contributed by atoms with van der Waals surface area (Å²) >= 11 is 0. The molecule has 3 rings (SSSR count). The highest BCUT2D eigenvalue weighted by Crippen LogP contribution is 2.56. The number of hydrogen-bond acceptors (Lipinski definition) is 8. The van der Waals surface area contributed by atoms with Gasteiger partial charge in [0.2, 0.25) is 23.6 Å². The van der Waals surface area contributed by atoms with E-state index in [2.05, 4.69) is 16.0 Å². The van der Waals surface area contributed by atoms with Crippen LogP contribution in [0.15, 0.2) is 30.3 Å². The minimum absolute atomic E-state index is 0.00123. The molecular weight excluding hydrogens is 690 g/mol. The zero-order chi connectivity index (χ0) is 40.5. The summed E-state index contributed by atoms with van der Waals surface area (Å²) in [5.74, 6) is -3.21. The minimum atomic E-state index is -1.13. The van der Waals surface area contributed by atoms with Gasteiger partial charge in [0.1, 0.15) is 12.1 Å². The van der Waals surface area contributed by atoms with Gasteiger partial charge in [-0.2, -0.15) is 0 Å². The van der Waals surface area contributed by atoms with Gasteiger partial charge in [-0.1, -0.05) is 85.2 Å². The van der Waals surface area contributed by atoms with Crippen molar-refractivity contribution in [1.29, 1.82) is 0 Å². The van der Waals surface area contributed by atoms with E-state index in [1.165, 1.54) is 7.11 Å². The largest absolute Gasteiger partial charge is 0.480 e. The first-order valence-electron chi connectivity index (χ1n) is 19.6. The monoisotopic (exact) mass is 757 g/mol. The van der Waals surface area contributed by atoms with E-state index in [-0.39, 0.29) is 53.7 Å². The number of likely N-dealkylation sites (N-methyl/N-ethyl adjacent to an activating group) is 2. The summed E-state index contributed by atoms with van der Waals surface area (Å²) in [7, 11) is 6.52. The Morgan fingerprint density at radius 2 is 1.54 bits per heavy atom. The second-order valence-electron chi connectivity index (χ2n) is 16.4. The first-order valence-corrected chi connectivity index (χ1v) is 19.6. The third-order valence-corrected chi connectivity index (χ3v) is 11.9. The lowest BCUT2D eigenvalue weighted by atomic mass is 9.89. The van der Waals surface area contributed by atoms with Crippen LogP contribution in [-0.2, 0) is 39.9 Å². The lowest BCUT2D eigenvalue weighted by molar-refractivity contribution is -0.148. The van der Waals surface area contributed by atoms with Gasteiger partial charge in [0.15, 0.2) is 0 Å². The van der Waals surface area contributed by atoms with Crippen molar-refractivity contribution in [2.75, 3.05) is 34.9 Å². The van der Waals surface area contributed by atoms with E-state index in [9.17, 15) is 29.1 Å². The Morgan fingerprint density at radius 3 is 2.02 bits per heavy atom. The van der Waals surface area contributed by atoms with E-state index >= 15 is 0 Å². The molecule has 1 aromatic carbocycles. The van der Waals surface area contributed by atoms with Gasteiger partial charge in [-0.3, -0.25) is 19.2 Å². The van der Waals surface area contributed by atoms with Crippen LogP contribution >= 0.6 is 0 Å². The Balaban J connectivity index is 1.83. The summed E-state index contributed by atoms with van der Waals surface area (Å²) in [5, 5.41) is 18.7. The van der Waals surface area contributed by atoms with Gasteiger partial charge in [-0.15, -0.1) is 0 Å². The molecule has 13 heteroatoms. The summed E-state index contributed by atoms with van der Waals surface area (Å²) in [4.78, 5) is 71.1. The molecule has 1 aliphatic heterocycles. The van der Waals surface area contributed by atoms with Crippen molar-refractivity contribution in [3.05, 3.63) is 35.9 Å². The first-order chi connectivity index (χ1) is 25.4. The lowest BCUT2D eigenvalue weighted by Crippen LogP contribution is -2.59. The van der Waals surface area contributed by atoms with Crippen LogP contribution in [0.5, 0.6) is 0 Å². The number of methoxy groups -OCH3 is 2. The molecule has 4 N–H and O–H groups in total. The molecule has 0 radical (unpaired) electrons. The van der Waals surface area contributed by atoms with Crippen molar-refractivity contribution in [1.82, 2.24) is 25.8 Å². The van der Waals surface area contributed by atoms with Gasteiger partial charge < -0.3 is 40.3 Å². The van der Waals surface area contributed by atoms with Crippen LogP contribution in [0, 0.1) is 29.1 Å². The Morgan fingerprint density at radius 1 is 0.926 bits per heavy atom. The van der Waals surface area contributed by atoms with Gasteiger partial charge >= 0.3 is 5.97 Å². The standard InChI is InChI=1S/C41H67N5O8/c1-12-26(6)35(45(9)39(50)34(25(4)5)44-38(49)33(42-8)24(2)3)31(53-10)21-32(47)46-23-41(18-19-41)22-30(46)36(54-11)27(7)37(48)43-29(40(51)52)20-28-16-14-13-15-17-28/h13-17,24-27,29-31,33-36,42H,12,18-23H2,1-11H3,(H,43,48)(H,44,49)(H,51,52)/t26-,27+,29?,30?,31+,33?,34?,35-,36+/m0/s1. The highest BCUT2D eigenvalue weighted by Gasteiger charge is 2.56.